The Kier molecular flexibility index (Phi) is 9.52. The van der Waals surface area contributed by atoms with Gasteiger partial charge in [-0.25, -0.2) is 10.2 Å². The van der Waals surface area contributed by atoms with Crippen LogP contribution in [0.25, 0.3) is 0 Å². The number of nitrogens with zero attached hydrogens (tertiary/aromatic N) is 2. The Morgan fingerprint density at radius 1 is 1.03 bits per heavy atom. The van der Waals surface area contributed by atoms with Crippen molar-refractivity contribution in [3.05, 3.63) is 74.3 Å². The zero-order valence-corrected chi connectivity index (χ0v) is 17.4. The molecule has 2 aromatic rings. The van der Waals surface area contributed by atoms with Gasteiger partial charge >= 0.3 is 12.1 Å². The van der Waals surface area contributed by atoms with Crippen molar-refractivity contribution in [3.63, 3.8) is 0 Å². The van der Waals surface area contributed by atoms with E-state index in [-0.39, 0.29) is 30.9 Å². The lowest BCUT2D eigenvalue weighted by atomic mass is 10.1. The minimum atomic E-state index is -1.36. The lowest BCUT2D eigenvalue weighted by Crippen LogP contribution is -2.48. The average Bonchev–Trinajstić information content (AvgIpc) is 2.79. The summed E-state index contributed by atoms with van der Waals surface area (Å²) in [5.41, 5.74) is 4.46. The van der Waals surface area contributed by atoms with Crippen LogP contribution in [0.1, 0.15) is 24.8 Å². The first kappa shape index (κ1) is 25.0. The van der Waals surface area contributed by atoms with Crippen LogP contribution >= 0.6 is 0 Å². The number of hydrazine groups is 1. The van der Waals surface area contributed by atoms with Crippen LogP contribution in [0, 0.1) is 20.2 Å². The molecule has 0 saturated heterocycles. The standard InChI is InChI=1S/C20H23N5O8/c26-19(33-13-14-6-2-1-3-7-14)17(22-23-20(27)28)8-4-5-11-21-16-10-9-15(24(29)30)12-18(16)25(31)32/h1-3,6-7,9-10,12,17,21-23H,4-5,8,11,13H2,(H,27,28)/t17-/m0/s1. The van der Waals surface area contributed by atoms with Crippen LogP contribution in [0.15, 0.2) is 48.5 Å². The van der Waals surface area contributed by atoms with Crippen LogP contribution in [0.3, 0.4) is 0 Å². The van der Waals surface area contributed by atoms with E-state index in [1.807, 2.05) is 11.5 Å². The molecular weight excluding hydrogens is 438 g/mol. The van der Waals surface area contributed by atoms with Crippen molar-refractivity contribution in [1.82, 2.24) is 10.9 Å². The summed E-state index contributed by atoms with van der Waals surface area (Å²) in [5.74, 6) is -0.633. The molecule has 0 aliphatic carbocycles. The maximum atomic E-state index is 12.4. The lowest BCUT2D eigenvalue weighted by molar-refractivity contribution is -0.393. The quantitative estimate of drug-likeness (QED) is 0.149. The third-order valence-corrected chi connectivity index (χ3v) is 4.49. The SMILES string of the molecule is O=C(O)NN[C@@H](CCCCNc1ccc([N+](=O)[O-])cc1[N+](=O)[O-])C(=O)OCc1ccccc1. The Morgan fingerprint density at radius 3 is 2.39 bits per heavy atom. The van der Waals surface area contributed by atoms with Crippen molar-refractivity contribution in [2.24, 2.45) is 0 Å². The van der Waals surface area contributed by atoms with Gasteiger partial charge in [-0.15, -0.1) is 0 Å². The molecule has 0 aliphatic heterocycles. The molecule has 33 heavy (non-hydrogen) atoms. The molecule has 0 radical (unpaired) electrons. The van der Waals surface area contributed by atoms with Gasteiger partial charge in [0.15, 0.2) is 0 Å². The van der Waals surface area contributed by atoms with E-state index in [4.69, 9.17) is 9.84 Å². The number of benzene rings is 2. The highest BCUT2D eigenvalue weighted by atomic mass is 16.6. The van der Waals surface area contributed by atoms with Gasteiger partial charge in [0.25, 0.3) is 11.4 Å². The van der Waals surface area contributed by atoms with E-state index in [9.17, 15) is 29.8 Å². The number of nitro benzene ring substituents is 2. The molecule has 0 aromatic heterocycles. The molecule has 4 N–H and O–H groups in total. The number of nitro groups is 2. The third kappa shape index (κ3) is 8.41. The smallest absolute Gasteiger partial charge is 0.419 e. The number of carbonyl (C=O) groups excluding carboxylic acids is 1. The summed E-state index contributed by atoms with van der Waals surface area (Å²) >= 11 is 0. The second-order valence-corrected chi connectivity index (χ2v) is 6.86. The fraction of sp³-hybridized carbons (Fsp3) is 0.300. The van der Waals surface area contributed by atoms with Crippen LogP contribution in [-0.4, -0.2) is 39.6 Å². The molecule has 13 heteroatoms. The largest absolute Gasteiger partial charge is 0.464 e. The van der Waals surface area contributed by atoms with Crippen molar-refractivity contribution in [1.29, 1.82) is 0 Å². The molecule has 0 bridgehead atoms. The summed E-state index contributed by atoms with van der Waals surface area (Å²) in [4.78, 5) is 43.7. The minimum Gasteiger partial charge on any atom is -0.464 e. The van der Waals surface area contributed by atoms with E-state index < -0.39 is 33.6 Å². The number of ether oxygens (including phenoxy) is 1. The lowest BCUT2D eigenvalue weighted by Gasteiger charge is -2.17. The summed E-state index contributed by atoms with van der Waals surface area (Å²) in [6.07, 6.45) is -0.195. The van der Waals surface area contributed by atoms with Crippen LogP contribution in [0.5, 0.6) is 0 Å². The number of carbonyl (C=O) groups is 2. The number of nitrogens with one attached hydrogen (secondary N) is 3. The Bertz CT molecular complexity index is 986. The van der Waals surface area contributed by atoms with E-state index in [1.165, 1.54) is 6.07 Å². The molecule has 0 spiro atoms. The van der Waals surface area contributed by atoms with Crippen molar-refractivity contribution < 1.29 is 29.3 Å². The monoisotopic (exact) mass is 461 g/mol. The summed E-state index contributed by atoms with van der Waals surface area (Å²) in [7, 11) is 0. The van der Waals surface area contributed by atoms with Gasteiger partial charge in [-0.3, -0.25) is 30.4 Å². The normalized spacial score (nSPS) is 11.3. The number of anilines is 1. The zero-order valence-electron chi connectivity index (χ0n) is 17.4. The maximum Gasteiger partial charge on any atom is 0.419 e. The number of non-ortho nitro benzene ring substituents is 1. The molecular formula is C20H23N5O8. The van der Waals surface area contributed by atoms with Gasteiger partial charge in [0.1, 0.15) is 18.3 Å². The summed E-state index contributed by atoms with van der Waals surface area (Å²) < 4.78 is 5.24. The Balaban J connectivity index is 1.86. The topological polar surface area (TPSA) is 186 Å². The number of hydrogen-bond donors (Lipinski definition) is 4. The Hall–Kier alpha value is -4.26. The molecule has 1 amide bonds. The molecule has 0 fully saturated rings. The molecule has 176 valence electrons. The summed E-state index contributed by atoms with van der Waals surface area (Å²) in [5, 5.41) is 33.6. The number of hydrogen-bond acceptors (Lipinski definition) is 9. The van der Waals surface area contributed by atoms with Crippen LogP contribution in [0.2, 0.25) is 0 Å². The highest BCUT2D eigenvalue weighted by Crippen LogP contribution is 2.28. The first-order chi connectivity index (χ1) is 15.8. The average molecular weight is 461 g/mol. The van der Waals surface area contributed by atoms with Crippen molar-refractivity contribution in [2.75, 3.05) is 11.9 Å². The van der Waals surface area contributed by atoms with Crippen molar-refractivity contribution in [2.45, 2.75) is 31.9 Å². The Morgan fingerprint density at radius 2 is 1.76 bits per heavy atom. The molecule has 0 aliphatic rings. The van der Waals surface area contributed by atoms with E-state index in [0.717, 1.165) is 17.7 Å². The molecule has 2 rings (SSSR count). The van der Waals surface area contributed by atoms with Gasteiger partial charge in [0.05, 0.1) is 15.9 Å². The predicted octanol–water partition coefficient (Wildman–Crippen LogP) is 2.97. The number of unbranched alkanes of at least 4 members (excludes halogenated alkanes) is 1. The number of amides is 1. The predicted molar refractivity (Wildman–Crippen MR) is 116 cm³/mol. The first-order valence-electron chi connectivity index (χ1n) is 9.89. The van der Waals surface area contributed by atoms with Gasteiger partial charge in [-0.2, -0.15) is 0 Å². The maximum absolute atomic E-state index is 12.4. The van der Waals surface area contributed by atoms with Crippen LogP contribution < -0.4 is 16.2 Å². The molecule has 13 nitrogen and oxygen atoms in total. The number of carboxylic acid groups (broad SMARTS) is 1. The molecule has 0 unspecified atom stereocenters. The second kappa shape index (κ2) is 12.6. The highest BCUT2D eigenvalue weighted by Gasteiger charge is 2.21. The zero-order chi connectivity index (χ0) is 24.2. The molecule has 0 saturated carbocycles. The van der Waals surface area contributed by atoms with Gasteiger partial charge in [-0.1, -0.05) is 30.3 Å². The van der Waals surface area contributed by atoms with Gasteiger partial charge in [-0.05, 0) is 30.9 Å². The van der Waals surface area contributed by atoms with Gasteiger partial charge in [0, 0.05) is 12.6 Å². The van der Waals surface area contributed by atoms with Gasteiger partial charge in [0.2, 0.25) is 0 Å². The molecule has 2 aromatic carbocycles. The summed E-state index contributed by atoms with van der Waals surface area (Å²) in [6, 6.07) is 11.4. The molecule has 1 atom stereocenters. The summed E-state index contributed by atoms with van der Waals surface area (Å²) in [6.45, 7) is 0.326. The van der Waals surface area contributed by atoms with E-state index in [1.54, 1.807) is 24.3 Å². The van der Waals surface area contributed by atoms with E-state index >= 15 is 0 Å². The van der Waals surface area contributed by atoms with Gasteiger partial charge < -0.3 is 15.2 Å². The van der Waals surface area contributed by atoms with Crippen molar-refractivity contribution >= 4 is 29.1 Å². The van der Waals surface area contributed by atoms with Crippen LogP contribution in [0.4, 0.5) is 21.9 Å². The van der Waals surface area contributed by atoms with E-state index in [2.05, 4.69) is 10.7 Å². The second-order valence-electron chi connectivity index (χ2n) is 6.86. The van der Waals surface area contributed by atoms with Crippen molar-refractivity contribution in [3.8, 4) is 0 Å². The number of rotatable bonds is 13. The number of esters is 1. The first-order valence-corrected chi connectivity index (χ1v) is 9.89. The van der Waals surface area contributed by atoms with E-state index in [0.29, 0.717) is 12.8 Å². The fourth-order valence-corrected chi connectivity index (χ4v) is 2.86. The minimum absolute atomic E-state index is 0.0380. The highest BCUT2D eigenvalue weighted by molar-refractivity contribution is 5.76. The Labute approximate surface area is 188 Å². The fourth-order valence-electron chi connectivity index (χ4n) is 2.86. The third-order valence-electron chi connectivity index (χ3n) is 4.49. The molecule has 0 heterocycles. The van der Waals surface area contributed by atoms with Crippen LogP contribution in [-0.2, 0) is 16.1 Å².